The third-order valence-electron chi connectivity index (χ3n) is 5.62. The SMILES string of the molecule is O=C1CN(C(=O)CN2C(=O)NC3(CCOc4ccccc43)C2=O)c2ccccc2N1. The summed E-state index contributed by atoms with van der Waals surface area (Å²) in [7, 11) is 0. The topological polar surface area (TPSA) is 108 Å². The molecule has 2 aromatic rings. The van der Waals surface area contributed by atoms with Gasteiger partial charge in [0.15, 0.2) is 5.54 Å². The summed E-state index contributed by atoms with van der Waals surface area (Å²) in [6.07, 6.45) is 0.272. The van der Waals surface area contributed by atoms with Gasteiger partial charge in [-0.15, -0.1) is 0 Å². The second-order valence-electron chi connectivity index (χ2n) is 7.37. The van der Waals surface area contributed by atoms with Crippen LogP contribution < -0.4 is 20.3 Å². The fourth-order valence-corrected chi connectivity index (χ4v) is 4.19. The van der Waals surface area contributed by atoms with Crippen LogP contribution in [0.2, 0.25) is 0 Å². The number of nitrogens with one attached hydrogen (secondary N) is 2. The average molecular weight is 406 g/mol. The molecule has 9 nitrogen and oxygen atoms in total. The van der Waals surface area contributed by atoms with Gasteiger partial charge in [-0.3, -0.25) is 24.2 Å². The number of anilines is 2. The quantitative estimate of drug-likeness (QED) is 0.729. The molecule has 1 spiro atoms. The summed E-state index contributed by atoms with van der Waals surface area (Å²) < 4.78 is 5.61. The van der Waals surface area contributed by atoms with Crippen LogP contribution in [0.15, 0.2) is 48.5 Å². The lowest BCUT2D eigenvalue weighted by Crippen LogP contribution is -2.49. The van der Waals surface area contributed by atoms with E-state index in [1.807, 2.05) is 0 Å². The van der Waals surface area contributed by atoms with Crippen molar-refractivity contribution in [3.05, 3.63) is 54.1 Å². The first-order valence-electron chi connectivity index (χ1n) is 9.55. The van der Waals surface area contributed by atoms with Crippen molar-refractivity contribution in [1.82, 2.24) is 10.2 Å². The Labute approximate surface area is 171 Å². The summed E-state index contributed by atoms with van der Waals surface area (Å²) >= 11 is 0. The van der Waals surface area contributed by atoms with Crippen LogP contribution in [0, 0.1) is 0 Å². The van der Waals surface area contributed by atoms with Crippen LogP contribution in [-0.2, 0) is 19.9 Å². The molecule has 3 aliphatic heterocycles. The zero-order valence-electron chi connectivity index (χ0n) is 15.9. The molecule has 30 heavy (non-hydrogen) atoms. The second-order valence-corrected chi connectivity index (χ2v) is 7.37. The summed E-state index contributed by atoms with van der Waals surface area (Å²) in [5.41, 5.74) is 0.366. The van der Waals surface area contributed by atoms with Gasteiger partial charge in [-0.1, -0.05) is 30.3 Å². The molecule has 9 heteroatoms. The first-order valence-corrected chi connectivity index (χ1v) is 9.55. The highest BCUT2D eigenvalue weighted by molar-refractivity contribution is 6.14. The number of benzene rings is 2. The van der Waals surface area contributed by atoms with Gasteiger partial charge < -0.3 is 15.4 Å². The summed E-state index contributed by atoms with van der Waals surface area (Å²) in [4.78, 5) is 53.3. The van der Waals surface area contributed by atoms with Gasteiger partial charge >= 0.3 is 6.03 Å². The van der Waals surface area contributed by atoms with Crippen molar-refractivity contribution < 1.29 is 23.9 Å². The standard InChI is InChI=1S/C21H18N4O5/c26-17-11-24(15-7-3-2-6-14(15)22-17)18(27)12-25-19(28)21(23-20(25)29)9-10-30-16-8-4-1-5-13(16)21/h1-8H,9-12H2,(H,22,26)(H,23,29). The van der Waals surface area contributed by atoms with E-state index in [0.717, 1.165) is 4.90 Å². The first kappa shape index (κ1) is 18.2. The Kier molecular flexibility index (Phi) is 3.99. The highest BCUT2D eigenvalue weighted by Gasteiger charge is 2.55. The zero-order valence-corrected chi connectivity index (χ0v) is 15.9. The highest BCUT2D eigenvalue weighted by atomic mass is 16.5. The van der Waals surface area contributed by atoms with Gasteiger partial charge in [0.25, 0.3) is 5.91 Å². The number of urea groups is 1. The number of carbonyl (C=O) groups is 4. The fourth-order valence-electron chi connectivity index (χ4n) is 4.19. The number of hydrogen-bond acceptors (Lipinski definition) is 5. The first-order chi connectivity index (χ1) is 14.5. The molecule has 152 valence electrons. The van der Waals surface area contributed by atoms with Crippen LogP contribution in [0.4, 0.5) is 16.2 Å². The van der Waals surface area contributed by atoms with E-state index in [1.54, 1.807) is 48.5 Å². The Hall–Kier alpha value is -3.88. The maximum absolute atomic E-state index is 13.3. The monoisotopic (exact) mass is 406 g/mol. The van der Waals surface area contributed by atoms with E-state index in [4.69, 9.17) is 4.74 Å². The second kappa shape index (κ2) is 6.58. The molecule has 2 aromatic carbocycles. The van der Waals surface area contributed by atoms with Crippen molar-refractivity contribution >= 4 is 35.1 Å². The minimum atomic E-state index is -1.25. The third-order valence-corrected chi connectivity index (χ3v) is 5.62. The molecule has 3 aliphatic rings. The number of nitrogens with zero attached hydrogens (tertiary/aromatic N) is 2. The molecule has 0 radical (unpaired) electrons. The molecule has 5 amide bonds. The number of rotatable bonds is 2. The zero-order chi connectivity index (χ0) is 20.9. The molecule has 0 saturated carbocycles. The summed E-state index contributed by atoms with van der Waals surface area (Å²) in [6.45, 7) is -0.372. The predicted molar refractivity (Wildman–Crippen MR) is 106 cm³/mol. The number of imide groups is 1. The van der Waals surface area contributed by atoms with Crippen LogP contribution in [0.5, 0.6) is 5.75 Å². The Balaban J connectivity index is 1.43. The smallest absolute Gasteiger partial charge is 0.325 e. The van der Waals surface area contributed by atoms with E-state index in [9.17, 15) is 19.2 Å². The van der Waals surface area contributed by atoms with Crippen LogP contribution in [0.3, 0.4) is 0 Å². The van der Waals surface area contributed by atoms with Crippen LogP contribution in [-0.4, -0.2) is 48.3 Å². The van der Waals surface area contributed by atoms with Gasteiger partial charge in [-0.05, 0) is 18.2 Å². The summed E-state index contributed by atoms with van der Waals surface area (Å²) in [5.74, 6) is -0.814. The number of fused-ring (bicyclic) bond motifs is 3. The largest absolute Gasteiger partial charge is 0.493 e. The molecule has 5 rings (SSSR count). The van der Waals surface area contributed by atoms with E-state index in [0.29, 0.717) is 22.7 Å². The third kappa shape index (κ3) is 2.62. The lowest BCUT2D eigenvalue weighted by molar-refractivity contribution is -0.135. The average Bonchev–Trinajstić information content (AvgIpc) is 2.98. The maximum atomic E-state index is 13.3. The molecule has 1 saturated heterocycles. The van der Waals surface area contributed by atoms with Crippen LogP contribution in [0.25, 0.3) is 0 Å². The summed E-state index contributed by atoms with van der Waals surface area (Å²) in [5, 5.41) is 5.48. The predicted octanol–water partition coefficient (Wildman–Crippen LogP) is 1.20. The van der Waals surface area contributed by atoms with E-state index in [-0.39, 0.29) is 25.5 Å². The van der Waals surface area contributed by atoms with E-state index < -0.39 is 29.9 Å². The molecule has 0 bridgehead atoms. The molecular weight excluding hydrogens is 388 g/mol. The van der Waals surface area contributed by atoms with Crippen molar-refractivity contribution in [1.29, 1.82) is 0 Å². The Morgan fingerprint density at radius 3 is 2.70 bits per heavy atom. The lowest BCUT2D eigenvalue weighted by Gasteiger charge is -2.33. The maximum Gasteiger partial charge on any atom is 0.325 e. The van der Waals surface area contributed by atoms with Gasteiger partial charge in [0.05, 0.1) is 18.0 Å². The van der Waals surface area contributed by atoms with E-state index in [2.05, 4.69) is 10.6 Å². The van der Waals surface area contributed by atoms with Gasteiger partial charge in [-0.25, -0.2) is 4.79 Å². The van der Waals surface area contributed by atoms with E-state index >= 15 is 0 Å². The van der Waals surface area contributed by atoms with Crippen molar-refractivity contribution in [3.63, 3.8) is 0 Å². The Bertz CT molecular complexity index is 1100. The van der Waals surface area contributed by atoms with Crippen molar-refractivity contribution in [3.8, 4) is 5.75 Å². The van der Waals surface area contributed by atoms with Gasteiger partial charge in [0.1, 0.15) is 18.8 Å². The van der Waals surface area contributed by atoms with Gasteiger partial charge in [0, 0.05) is 12.0 Å². The van der Waals surface area contributed by atoms with Crippen molar-refractivity contribution in [2.75, 3.05) is 29.9 Å². The molecule has 1 unspecified atom stereocenters. The molecular formula is C21H18N4O5. The van der Waals surface area contributed by atoms with E-state index in [1.165, 1.54) is 4.90 Å². The Morgan fingerprint density at radius 2 is 1.83 bits per heavy atom. The minimum Gasteiger partial charge on any atom is -0.493 e. The normalized spacial score (nSPS) is 22.2. The molecule has 3 heterocycles. The minimum absolute atomic E-state index is 0.179. The van der Waals surface area contributed by atoms with Gasteiger partial charge in [0.2, 0.25) is 11.8 Å². The number of amides is 5. The fraction of sp³-hybridized carbons (Fsp3) is 0.238. The number of hydrogen-bond donors (Lipinski definition) is 2. The molecule has 1 fully saturated rings. The Morgan fingerprint density at radius 1 is 1.07 bits per heavy atom. The molecule has 0 aromatic heterocycles. The van der Waals surface area contributed by atoms with Crippen molar-refractivity contribution in [2.24, 2.45) is 0 Å². The molecule has 1 atom stereocenters. The van der Waals surface area contributed by atoms with Crippen LogP contribution in [0.1, 0.15) is 12.0 Å². The number of ether oxygens (including phenoxy) is 1. The lowest BCUT2D eigenvalue weighted by atomic mass is 9.84. The highest BCUT2D eigenvalue weighted by Crippen LogP contribution is 2.41. The number of carbonyl (C=O) groups excluding carboxylic acids is 4. The molecule has 2 N–H and O–H groups in total. The van der Waals surface area contributed by atoms with Crippen molar-refractivity contribution in [2.45, 2.75) is 12.0 Å². The van der Waals surface area contributed by atoms with Gasteiger partial charge in [-0.2, -0.15) is 0 Å². The number of para-hydroxylation sites is 3. The summed E-state index contributed by atoms with van der Waals surface area (Å²) in [6, 6.07) is 13.3. The molecule has 0 aliphatic carbocycles. The van der Waals surface area contributed by atoms with Crippen LogP contribution >= 0.6 is 0 Å².